The Hall–Kier alpha value is -2.12. The molecule has 5 rings (SSSR count). The van der Waals surface area contributed by atoms with Crippen LogP contribution in [0.5, 0.6) is 0 Å². The highest BCUT2D eigenvalue weighted by Crippen LogP contribution is 2.39. The Morgan fingerprint density at radius 2 is 1.57 bits per heavy atom. The first-order chi connectivity index (χ1) is 17.9. The van der Waals surface area contributed by atoms with Gasteiger partial charge in [0.1, 0.15) is 11.6 Å². The highest BCUT2D eigenvalue weighted by atomic mass is 35.5. The van der Waals surface area contributed by atoms with Crippen molar-refractivity contribution in [2.75, 3.05) is 47.8 Å². The predicted molar refractivity (Wildman–Crippen MR) is 159 cm³/mol. The summed E-state index contributed by atoms with van der Waals surface area (Å²) in [7, 11) is 0. The van der Waals surface area contributed by atoms with Gasteiger partial charge in [-0.15, -0.1) is 0 Å². The molecule has 8 heteroatoms. The van der Waals surface area contributed by atoms with Crippen molar-refractivity contribution in [3.63, 3.8) is 0 Å². The fraction of sp³-hybridized carbons (Fsp3) is 0.621. The zero-order chi connectivity index (χ0) is 25.8. The fourth-order valence-corrected chi connectivity index (χ4v) is 6.88. The number of anilines is 3. The number of hydrogen-bond acceptors (Lipinski definition) is 5. The molecule has 2 aromatic rings. The zero-order valence-electron chi connectivity index (χ0n) is 22.3. The molecule has 3 heterocycles. The van der Waals surface area contributed by atoms with Gasteiger partial charge in [-0.05, 0) is 73.9 Å². The SMILES string of the molecule is C[C@H]1C[C@H](C)CN(c2cc(N3CCCC3)nc(NC(=S)NCC3(c4ccc(Cl)cc4)CCCCC3)n2)C1. The monoisotopic (exact) mass is 540 g/mol. The third-order valence-corrected chi connectivity index (χ3v) is 8.90. The van der Waals surface area contributed by atoms with Gasteiger partial charge in [-0.2, -0.15) is 9.97 Å². The number of nitrogens with one attached hydrogen (secondary N) is 2. The minimum atomic E-state index is 0.0675. The van der Waals surface area contributed by atoms with E-state index in [2.05, 4.69) is 52.5 Å². The third kappa shape index (κ3) is 6.48. The van der Waals surface area contributed by atoms with Crippen molar-refractivity contribution in [1.29, 1.82) is 0 Å². The molecule has 6 nitrogen and oxygen atoms in total. The van der Waals surface area contributed by atoms with Crippen molar-refractivity contribution < 1.29 is 0 Å². The van der Waals surface area contributed by atoms with E-state index in [0.29, 0.717) is 22.9 Å². The molecule has 3 aliphatic rings. The van der Waals surface area contributed by atoms with Crippen LogP contribution in [-0.2, 0) is 5.41 Å². The average molecular weight is 541 g/mol. The number of rotatable bonds is 6. The number of halogens is 1. The fourth-order valence-electron chi connectivity index (χ4n) is 6.59. The second kappa shape index (κ2) is 11.7. The molecule has 37 heavy (non-hydrogen) atoms. The van der Waals surface area contributed by atoms with Gasteiger partial charge in [0, 0.05) is 49.2 Å². The normalized spacial score (nSPS) is 23.6. The van der Waals surface area contributed by atoms with Gasteiger partial charge in [-0.3, -0.25) is 0 Å². The largest absolute Gasteiger partial charge is 0.361 e. The van der Waals surface area contributed by atoms with Crippen molar-refractivity contribution in [3.8, 4) is 0 Å². The van der Waals surface area contributed by atoms with Crippen molar-refractivity contribution in [1.82, 2.24) is 15.3 Å². The lowest BCUT2D eigenvalue weighted by molar-refractivity contribution is 0.292. The van der Waals surface area contributed by atoms with Gasteiger partial charge in [0.2, 0.25) is 5.95 Å². The third-order valence-electron chi connectivity index (χ3n) is 8.40. The minimum Gasteiger partial charge on any atom is -0.361 e. The molecular weight excluding hydrogens is 500 g/mol. The smallest absolute Gasteiger partial charge is 0.232 e. The van der Waals surface area contributed by atoms with Gasteiger partial charge < -0.3 is 20.4 Å². The van der Waals surface area contributed by atoms with Crippen LogP contribution in [0.15, 0.2) is 30.3 Å². The van der Waals surface area contributed by atoms with E-state index in [9.17, 15) is 0 Å². The van der Waals surface area contributed by atoms with Crippen LogP contribution in [-0.4, -0.2) is 47.8 Å². The summed E-state index contributed by atoms with van der Waals surface area (Å²) in [5, 5.41) is 8.25. The van der Waals surface area contributed by atoms with Crippen molar-refractivity contribution in [2.24, 2.45) is 11.8 Å². The Labute approximate surface area is 232 Å². The van der Waals surface area contributed by atoms with Gasteiger partial charge >= 0.3 is 0 Å². The standard InChI is InChI=1S/C29H41ClN6S/c1-21-16-22(2)19-36(18-21)26-17-25(35-14-6-7-15-35)32-27(33-26)34-28(37)31-20-29(12-4-3-5-13-29)23-8-10-24(30)11-9-23/h8-11,17,21-22H,3-7,12-16,18-20H2,1-2H3,(H2,31,32,33,34,37)/t21-,22-/m0/s1. The first kappa shape index (κ1) is 26.5. The number of hydrogen-bond donors (Lipinski definition) is 2. The Morgan fingerprint density at radius 1 is 0.946 bits per heavy atom. The average Bonchev–Trinajstić information content (AvgIpc) is 3.43. The molecule has 0 bridgehead atoms. The summed E-state index contributed by atoms with van der Waals surface area (Å²) in [5.41, 5.74) is 1.41. The van der Waals surface area contributed by atoms with Crippen LogP contribution in [0.3, 0.4) is 0 Å². The van der Waals surface area contributed by atoms with Gasteiger partial charge in [-0.25, -0.2) is 0 Å². The minimum absolute atomic E-state index is 0.0675. The summed E-state index contributed by atoms with van der Waals surface area (Å²) >= 11 is 12.0. The Kier molecular flexibility index (Phi) is 8.40. The Bertz CT molecular complexity index is 1050. The van der Waals surface area contributed by atoms with Crippen LogP contribution >= 0.6 is 23.8 Å². The topological polar surface area (TPSA) is 56.3 Å². The van der Waals surface area contributed by atoms with Crippen LogP contribution in [0.25, 0.3) is 0 Å². The molecule has 2 saturated heterocycles. The van der Waals surface area contributed by atoms with Crippen LogP contribution < -0.4 is 20.4 Å². The first-order valence-corrected chi connectivity index (χ1v) is 14.9. The lowest BCUT2D eigenvalue weighted by Gasteiger charge is -2.38. The molecule has 1 aliphatic carbocycles. The Morgan fingerprint density at radius 3 is 2.22 bits per heavy atom. The molecule has 2 atom stereocenters. The van der Waals surface area contributed by atoms with Gasteiger partial charge in [0.25, 0.3) is 0 Å². The lowest BCUT2D eigenvalue weighted by atomic mass is 9.69. The number of thiocarbonyl (C=S) groups is 1. The van der Waals surface area contributed by atoms with Crippen LogP contribution in [0.4, 0.5) is 17.6 Å². The van der Waals surface area contributed by atoms with Crippen molar-refractivity contribution in [3.05, 3.63) is 40.9 Å². The molecule has 0 radical (unpaired) electrons. The molecule has 0 unspecified atom stereocenters. The zero-order valence-corrected chi connectivity index (χ0v) is 23.9. The van der Waals surface area contributed by atoms with Gasteiger partial charge in [0.15, 0.2) is 5.11 Å². The summed E-state index contributed by atoms with van der Waals surface area (Å²) in [6.45, 7) is 9.64. The number of aromatic nitrogens is 2. The number of nitrogens with zero attached hydrogens (tertiary/aromatic N) is 4. The molecular formula is C29H41ClN6S. The quantitative estimate of drug-likeness (QED) is 0.411. The summed E-state index contributed by atoms with van der Waals surface area (Å²) < 4.78 is 0. The van der Waals surface area contributed by atoms with E-state index in [1.807, 2.05) is 12.1 Å². The molecule has 0 spiro atoms. The molecule has 1 saturated carbocycles. The lowest BCUT2D eigenvalue weighted by Crippen LogP contribution is -2.43. The van der Waals surface area contributed by atoms with Crippen molar-refractivity contribution >= 4 is 46.5 Å². The van der Waals surface area contributed by atoms with E-state index >= 15 is 0 Å². The summed E-state index contributed by atoms with van der Waals surface area (Å²) in [4.78, 5) is 14.7. The second-order valence-corrected chi connectivity index (χ2v) is 12.5. The maximum absolute atomic E-state index is 6.19. The van der Waals surface area contributed by atoms with Crippen LogP contribution in [0.1, 0.15) is 70.8 Å². The number of benzene rings is 1. The van der Waals surface area contributed by atoms with E-state index in [-0.39, 0.29) is 5.41 Å². The van der Waals surface area contributed by atoms with Crippen LogP contribution in [0.2, 0.25) is 5.02 Å². The first-order valence-electron chi connectivity index (χ1n) is 14.1. The van der Waals surface area contributed by atoms with E-state index in [1.165, 1.54) is 44.1 Å². The van der Waals surface area contributed by atoms with Gasteiger partial charge in [0.05, 0.1) is 0 Å². The summed E-state index contributed by atoms with van der Waals surface area (Å²) in [6.07, 6.45) is 9.78. The Balaban J connectivity index is 1.32. The highest BCUT2D eigenvalue weighted by Gasteiger charge is 2.34. The molecule has 1 aromatic carbocycles. The van der Waals surface area contributed by atoms with E-state index in [4.69, 9.17) is 33.8 Å². The van der Waals surface area contributed by atoms with E-state index in [1.54, 1.807) is 0 Å². The maximum atomic E-state index is 6.19. The molecule has 2 N–H and O–H groups in total. The molecule has 2 aliphatic heterocycles. The predicted octanol–water partition coefficient (Wildman–Crippen LogP) is 6.40. The van der Waals surface area contributed by atoms with E-state index in [0.717, 1.165) is 62.2 Å². The number of piperidine rings is 1. The van der Waals surface area contributed by atoms with Crippen molar-refractivity contribution in [2.45, 2.75) is 70.6 Å². The molecule has 3 fully saturated rings. The molecule has 0 amide bonds. The van der Waals surface area contributed by atoms with Crippen LogP contribution in [0, 0.1) is 11.8 Å². The van der Waals surface area contributed by atoms with Gasteiger partial charge in [-0.1, -0.05) is 56.8 Å². The maximum Gasteiger partial charge on any atom is 0.232 e. The summed E-state index contributed by atoms with van der Waals surface area (Å²) in [6, 6.07) is 10.6. The second-order valence-electron chi connectivity index (χ2n) is 11.6. The highest BCUT2D eigenvalue weighted by molar-refractivity contribution is 7.80. The molecule has 1 aromatic heterocycles. The van der Waals surface area contributed by atoms with E-state index < -0.39 is 0 Å². The molecule has 200 valence electrons. The summed E-state index contributed by atoms with van der Waals surface area (Å²) in [5.74, 6) is 3.92.